The predicted molar refractivity (Wildman–Crippen MR) is 94.1 cm³/mol. The number of hydrogen-bond acceptors (Lipinski definition) is 9. The van der Waals surface area contributed by atoms with Crippen LogP contribution in [0.5, 0.6) is 0 Å². The fourth-order valence-electron chi connectivity index (χ4n) is 2.96. The molecule has 0 amide bonds. The molecule has 2 N–H and O–H groups in total. The van der Waals surface area contributed by atoms with Gasteiger partial charge in [0.05, 0.1) is 10.5 Å². The number of anilines is 2. The van der Waals surface area contributed by atoms with Crippen molar-refractivity contribution >= 4 is 23.0 Å². The summed E-state index contributed by atoms with van der Waals surface area (Å²) in [4.78, 5) is 18.7. The standard InChI is InChI=1S/C15H16F3N7O4/c1-28-22-14(12-13(19)21-29-20-12)24-6-4-23(5-7-24)10-3-2-9(15(16,17)18)8-11(10)25(26)27/h2-3,8H,4-7H2,1H3,(H2,19,21)/b22-14+. The van der Waals surface area contributed by atoms with Crippen molar-refractivity contribution < 1.29 is 27.6 Å². The molecular weight excluding hydrogens is 399 g/mol. The lowest BCUT2D eigenvalue weighted by molar-refractivity contribution is -0.384. The topological polar surface area (TPSA) is 136 Å². The number of aromatic nitrogens is 2. The number of alkyl halides is 3. The van der Waals surface area contributed by atoms with E-state index < -0.39 is 22.4 Å². The van der Waals surface area contributed by atoms with Crippen molar-refractivity contribution in [3.05, 3.63) is 39.6 Å². The summed E-state index contributed by atoms with van der Waals surface area (Å²) in [5.74, 6) is 0.287. The Kier molecular flexibility index (Phi) is 5.43. The maximum absolute atomic E-state index is 12.9. The molecule has 1 aromatic carbocycles. The third-order valence-electron chi connectivity index (χ3n) is 4.32. The van der Waals surface area contributed by atoms with E-state index in [2.05, 4.69) is 20.1 Å². The number of halogens is 3. The largest absolute Gasteiger partial charge is 0.416 e. The van der Waals surface area contributed by atoms with E-state index in [9.17, 15) is 23.3 Å². The van der Waals surface area contributed by atoms with Crippen LogP contribution in [0.4, 0.5) is 30.4 Å². The Hall–Kier alpha value is -3.58. The van der Waals surface area contributed by atoms with Crippen LogP contribution in [0.3, 0.4) is 0 Å². The summed E-state index contributed by atoms with van der Waals surface area (Å²) in [5.41, 5.74) is 4.30. The summed E-state index contributed by atoms with van der Waals surface area (Å²) >= 11 is 0. The minimum atomic E-state index is -4.67. The fraction of sp³-hybridized carbons (Fsp3) is 0.400. The van der Waals surface area contributed by atoms with E-state index in [4.69, 9.17) is 10.6 Å². The number of hydrogen-bond donors (Lipinski definition) is 1. The number of piperazine rings is 1. The molecule has 0 spiro atoms. The summed E-state index contributed by atoms with van der Waals surface area (Å²) in [6.45, 7) is 1.21. The second-order valence-electron chi connectivity index (χ2n) is 6.03. The predicted octanol–water partition coefficient (Wildman–Crippen LogP) is 1.71. The van der Waals surface area contributed by atoms with Gasteiger partial charge in [-0.05, 0) is 22.4 Å². The summed E-state index contributed by atoms with van der Waals surface area (Å²) in [5, 5.41) is 22.4. The van der Waals surface area contributed by atoms with Crippen LogP contribution in [0.2, 0.25) is 0 Å². The van der Waals surface area contributed by atoms with Gasteiger partial charge in [-0.3, -0.25) is 10.1 Å². The molecular formula is C15H16F3N7O4. The number of rotatable bonds is 4. The number of nitrogen functional groups attached to an aromatic ring is 1. The van der Waals surface area contributed by atoms with Crippen molar-refractivity contribution in [2.24, 2.45) is 5.16 Å². The second kappa shape index (κ2) is 7.81. The highest BCUT2D eigenvalue weighted by atomic mass is 19.4. The fourth-order valence-corrected chi connectivity index (χ4v) is 2.96. The molecule has 1 fully saturated rings. The van der Waals surface area contributed by atoms with Gasteiger partial charge in [-0.15, -0.1) is 0 Å². The van der Waals surface area contributed by atoms with E-state index in [-0.39, 0.29) is 36.1 Å². The third-order valence-corrected chi connectivity index (χ3v) is 4.32. The smallest absolute Gasteiger partial charge is 0.397 e. The molecule has 2 aromatic rings. The number of benzene rings is 1. The molecule has 0 unspecified atom stereocenters. The quantitative estimate of drug-likeness (QED) is 0.342. The molecule has 0 bridgehead atoms. The average Bonchev–Trinajstić information content (AvgIpc) is 3.10. The minimum absolute atomic E-state index is 0.0154. The Morgan fingerprint density at radius 1 is 1.31 bits per heavy atom. The number of oxime groups is 1. The molecule has 156 valence electrons. The monoisotopic (exact) mass is 415 g/mol. The average molecular weight is 415 g/mol. The van der Waals surface area contributed by atoms with Gasteiger partial charge < -0.3 is 20.4 Å². The number of nitro groups is 1. The van der Waals surface area contributed by atoms with Gasteiger partial charge in [-0.25, -0.2) is 4.63 Å². The van der Waals surface area contributed by atoms with Crippen molar-refractivity contribution in [1.29, 1.82) is 0 Å². The zero-order valence-corrected chi connectivity index (χ0v) is 15.1. The van der Waals surface area contributed by atoms with E-state index in [1.807, 2.05) is 0 Å². The molecule has 1 saturated heterocycles. The molecule has 1 aliphatic rings. The van der Waals surface area contributed by atoms with Gasteiger partial charge in [0, 0.05) is 32.2 Å². The Labute approximate surface area is 161 Å². The molecule has 0 saturated carbocycles. The van der Waals surface area contributed by atoms with Gasteiger partial charge in [0.15, 0.2) is 11.5 Å². The van der Waals surface area contributed by atoms with Crippen molar-refractivity contribution in [3.8, 4) is 0 Å². The van der Waals surface area contributed by atoms with E-state index in [1.54, 1.807) is 9.80 Å². The molecule has 11 nitrogen and oxygen atoms in total. The van der Waals surface area contributed by atoms with Crippen molar-refractivity contribution in [1.82, 2.24) is 15.2 Å². The number of nitrogens with two attached hydrogens (primary N) is 1. The molecule has 3 rings (SSSR count). The first kappa shape index (κ1) is 20.2. The zero-order valence-electron chi connectivity index (χ0n) is 15.1. The summed E-state index contributed by atoms with van der Waals surface area (Å²) in [7, 11) is 1.34. The van der Waals surface area contributed by atoms with Crippen LogP contribution < -0.4 is 10.6 Å². The van der Waals surface area contributed by atoms with Crippen LogP contribution >= 0.6 is 0 Å². The van der Waals surface area contributed by atoms with Crippen LogP contribution in [-0.2, 0) is 11.0 Å². The number of amidine groups is 1. The van der Waals surface area contributed by atoms with E-state index in [1.165, 1.54) is 7.11 Å². The molecule has 0 aliphatic carbocycles. The number of nitrogens with zero attached hydrogens (tertiary/aromatic N) is 6. The highest BCUT2D eigenvalue weighted by molar-refractivity contribution is 6.00. The molecule has 2 heterocycles. The maximum atomic E-state index is 12.9. The second-order valence-corrected chi connectivity index (χ2v) is 6.03. The van der Waals surface area contributed by atoms with Crippen molar-refractivity contribution in [2.75, 3.05) is 43.9 Å². The number of nitro benzene ring substituents is 1. The van der Waals surface area contributed by atoms with Crippen LogP contribution in [-0.4, -0.2) is 59.3 Å². The molecule has 14 heteroatoms. The van der Waals surface area contributed by atoms with Crippen LogP contribution in [0.25, 0.3) is 0 Å². The van der Waals surface area contributed by atoms with Crippen molar-refractivity contribution in [3.63, 3.8) is 0 Å². The first-order valence-corrected chi connectivity index (χ1v) is 8.27. The van der Waals surface area contributed by atoms with Crippen molar-refractivity contribution in [2.45, 2.75) is 6.18 Å². The summed E-state index contributed by atoms with van der Waals surface area (Å²) in [6, 6.07) is 2.48. The molecule has 1 aromatic heterocycles. The Morgan fingerprint density at radius 3 is 2.52 bits per heavy atom. The highest BCUT2D eigenvalue weighted by Crippen LogP contribution is 2.36. The Morgan fingerprint density at radius 2 is 2.00 bits per heavy atom. The lowest BCUT2D eigenvalue weighted by atomic mass is 10.1. The molecule has 29 heavy (non-hydrogen) atoms. The van der Waals surface area contributed by atoms with Gasteiger partial charge in [-0.1, -0.05) is 5.16 Å². The van der Waals surface area contributed by atoms with Crippen LogP contribution in [0.15, 0.2) is 28.0 Å². The van der Waals surface area contributed by atoms with E-state index in [0.717, 1.165) is 12.1 Å². The normalized spacial score (nSPS) is 15.5. The maximum Gasteiger partial charge on any atom is 0.416 e. The van der Waals surface area contributed by atoms with Gasteiger partial charge in [0.2, 0.25) is 5.84 Å². The van der Waals surface area contributed by atoms with Gasteiger partial charge in [-0.2, -0.15) is 13.2 Å². The van der Waals surface area contributed by atoms with Gasteiger partial charge >= 0.3 is 6.18 Å². The Balaban J connectivity index is 1.81. The molecule has 0 atom stereocenters. The Bertz CT molecular complexity index is 923. The first-order valence-electron chi connectivity index (χ1n) is 8.27. The minimum Gasteiger partial charge on any atom is -0.397 e. The summed E-state index contributed by atoms with van der Waals surface area (Å²) in [6.07, 6.45) is -4.67. The van der Waals surface area contributed by atoms with Crippen LogP contribution in [0.1, 0.15) is 11.3 Å². The molecule has 1 aliphatic heterocycles. The van der Waals surface area contributed by atoms with Gasteiger partial charge in [0.25, 0.3) is 5.69 Å². The lowest BCUT2D eigenvalue weighted by Crippen LogP contribution is -2.49. The van der Waals surface area contributed by atoms with Gasteiger partial charge in [0.1, 0.15) is 12.8 Å². The third kappa shape index (κ3) is 4.14. The van der Waals surface area contributed by atoms with E-state index >= 15 is 0 Å². The highest BCUT2D eigenvalue weighted by Gasteiger charge is 2.34. The molecule has 0 radical (unpaired) electrons. The summed E-state index contributed by atoms with van der Waals surface area (Å²) < 4.78 is 43.2. The van der Waals surface area contributed by atoms with Crippen LogP contribution in [0, 0.1) is 10.1 Å². The first-order chi connectivity index (χ1) is 13.7. The SMILES string of the molecule is CO/N=C(\c1nonc1N)N1CCN(c2ccc(C(F)(F)F)cc2[N+](=O)[O-])CC1. The zero-order chi connectivity index (χ0) is 21.2. The van der Waals surface area contributed by atoms with E-state index in [0.29, 0.717) is 19.2 Å². The lowest BCUT2D eigenvalue weighted by Gasteiger charge is -2.36.